The van der Waals surface area contributed by atoms with E-state index in [1.165, 1.54) is 22.9 Å². The topological polar surface area (TPSA) is 98.3 Å². The van der Waals surface area contributed by atoms with E-state index in [4.69, 9.17) is 0 Å². The summed E-state index contributed by atoms with van der Waals surface area (Å²) in [7, 11) is 0. The van der Waals surface area contributed by atoms with Crippen molar-refractivity contribution >= 4 is 22.8 Å². The highest BCUT2D eigenvalue weighted by atomic mass is 32.1. The molecule has 0 aliphatic heterocycles. The summed E-state index contributed by atoms with van der Waals surface area (Å²) >= 11 is 1.24. The number of aryl methyl sites for hydroxylation is 1. The number of Topliss-reactive ketones (excluding diaryl/α,β-unsaturated/α-hetero) is 1. The minimum absolute atomic E-state index is 0.110. The second kappa shape index (κ2) is 7.19. The van der Waals surface area contributed by atoms with Crippen molar-refractivity contribution in [2.45, 2.75) is 26.0 Å². The number of rotatable bonds is 6. The largest absolute Gasteiger partial charge is 0.382 e. The van der Waals surface area contributed by atoms with Gasteiger partial charge in [0.25, 0.3) is 0 Å². The van der Waals surface area contributed by atoms with Gasteiger partial charge in [0.15, 0.2) is 0 Å². The molecule has 2 heterocycles. The maximum Gasteiger partial charge on any atom is 0.312 e. The van der Waals surface area contributed by atoms with Crippen molar-refractivity contribution in [1.29, 1.82) is 0 Å². The molecule has 0 aliphatic carbocycles. The number of carbonyl (C=O) groups is 1. The summed E-state index contributed by atoms with van der Waals surface area (Å²) in [5, 5.41) is 28.2. The molecule has 0 aliphatic rings. The van der Waals surface area contributed by atoms with Gasteiger partial charge in [-0.3, -0.25) is 19.6 Å². The van der Waals surface area contributed by atoms with Crippen LogP contribution in [0, 0.1) is 24.0 Å². The molecular formula is C18H17N3O4S. The average molecular weight is 371 g/mol. The van der Waals surface area contributed by atoms with E-state index in [-0.39, 0.29) is 11.4 Å². The Hall–Kier alpha value is -2.84. The molecule has 0 radical (unpaired) electrons. The molecule has 0 fully saturated rings. The first-order valence-electron chi connectivity index (χ1n) is 7.92. The first kappa shape index (κ1) is 18.0. The van der Waals surface area contributed by atoms with Crippen LogP contribution >= 0.6 is 11.3 Å². The van der Waals surface area contributed by atoms with Crippen molar-refractivity contribution in [2.75, 3.05) is 0 Å². The molecule has 0 amide bonds. The van der Waals surface area contributed by atoms with Crippen LogP contribution in [-0.4, -0.2) is 31.7 Å². The van der Waals surface area contributed by atoms with Gasteiger partial charge in [-0.25, -0.2) is 0 Å². The lowest BCUT2D eigenvalue weighted by Gasteiger charge is -2.23. The van der Waals surface area contributed by atoms with E-state index in [0.29, 0.717) is 16.1 Å². The molecule has 0 bridgehead atoms. The summed E-state index contributed by atoms with van der Waals surface area (Å²) in [6.07, 6.45) is -1.42. The molecule has 1 N–H and O–H groups in total. The van der Waals surface area contributed by atoms with Crippen molar-refractivity contribution in [3.05, 3.63) is 79.8 Å². The van der Waals surface area contributed by atoms with Gasteiger partial charge in [-0.1, -0.05) is 36.4 Å². The molecule has 0 unspecified atom stereocenters. The lowest BCUT2D eigenvalue weighted by molar-refractivity contribution is -0.386. The Labute approximate surface area is 153 Å². The number of benzene rings is 1. The summed E-state index contributed by atoms with van der Waals surface area (Å²) in [5.74, 6) is -0.441. The van der Waals surface area contributed by atoms with E-state index < -0.39 is 22.9 Å². The maximum absolute atomic E-state index is 12.7. The molecule has 3 aromatic rings. The van der Waals surface area contributed by atoms with E-state index in [2.05, 4.69) is 5.10 Å². The lowest BCUT2D eigenvalue weighted by Crippen LogP contribution is -2.33. The van der Waals surface area contributed by atoms with Crippen molar-refractivity contribution in [2.24, 2.45) is 0 Å². The van der Waals surface area contributed by atoms with Crippen LogP contribution in [0.25, 0.3) is 0 Å². The van der Waals surface area contributed by atoms with E-state index in [9.17, 15) is 20.0 Å². The fourth-order valence-electron chi connectivity index (χ4n) is 3.00. The highest BCUT2D eigenvalue weighted by molar-refractivity contribution is 7.12. The Kier molecular flexibility index (Phi) is 4.97. The second-order valence-corrected chi connectivity index (χ2v) is 6.81. The quantitative estimate of drug-likeness (QED) is 0.407. The molecule has 2 atom stereocenters. The van der Waals surface area contributed by atoms with Crippen molar-refractivity contribution in [1.82, 2.24) is 9.78 Å². The number of nitro groups is 1. The Bertz CT molecular complexity index is 935. The normalized spacial score (nSPS) is 13.3. The molecule has 26 heavy (non-hydrogen) atoms. The van der Waals surface area contributed by atoms with Crippen LogP contribution in [-0.2, 0) is 0 Å². The number of hydrogen-bond donors (Lipinski definition) is 1. The molecule has 0 spiro atoms. The first-order valence-corrected chi connectivity index (χ1v) is 8.80. The highest BCUT2D eigenvalue weighted by Crippen LogP contribution is 2.31. The van der Waals surface area contributed by atoms with Gasteiger partial charge in [-0.2, -0.15) is 5.10 Å². The first-order chi connectivity index (χ1) is 12.4. The zero-order chi connectivity index (χ0) is 18.8. The summed E-state index contributed by atoms with van der Waals surface area (Å²) in [6, 6.07) is 11.4. The van der Waals surface area contributed by atoms with Crippen molar-refractivity contribution in [3.8, 4) is 0 Å². The number of carbonyl (C=O) groups excluding carboxylic acids is 1. The van der Waals surface area contributed by atoms with Crippen LogP contribution in [0.5, 0.6) is 0 Å². The molecule has 1 aromatic carbocycles. The van der Waals surface area contributed by atoms with Crippen LogP contribution in [0.15, 0.2) is 47.8 Å². The van der Waals surface area contributed by atoms with Gasteiger partial charge in [0.2, 0.25) is 5.78 Å². The third-order valence-corrected chi connectivity index (χ3v) is 5.09. The van der Waals surface area contributed by atoms with Crippen LogP contribution < -0.4 is 0 Å². The predicted molar refractivity (Wildman–Crippen MR) is 97.6 cm³/mol. The minimum atomic E-state index is -1.42. The molecule has 134 valence electrons. The van der Waals surface area contributed by atoms with Crippen LogP contribution in [0.1, 0.15) is 32.7 Å². The number of ketones is 1. The number of hydrogen-bond acceptors (Lipinski definition) is 6. The van der Waals surface area contributed by atoms with Gasteiger partial charge < -0.3 is 5.11 Å². The number of aliphatic hydroxyl groups excluding tert-OH is 1. The average Bonchev–Trinajstić information content (AvgIpc) is 3.24. The molecule has 7 nitrogen and oxygen atoms in total. The van der Waals surface area contributed by atoms with E-state index >= 15 is 0 Å². The third-order valence-electron chi connectivity index (χ3n) is 4.21. The SMILES string of the molecule is Cc1nn([C@@H](c2ccccc2)[C@H](O)C(=O)c2cccs2)c(C)c1[N+](=O)[O-]. The van der Waals surface area contributed by atoms with E-state index in [0.717, 1.165) is 0 Å². The second-order valence-electron chi connectivity index (χ2n) is 5.86. The molecular weight excluding hydrogens is 354 g/mol. The van der Waals surface area contributed by atoms with Gasteiger partial charge >= 0.3 is 5.69 Å². The molecule has 0 saturated heterocycles. The number of aliphatic hydroxyl groups is 1. The van der Waals surface area contributed by atoms with Crippen LogP contribution in [0.3, 0.4) is 0 Å². The summed E-state index contributed by atoms with van der Waals surface area (Å²) in [6.45, 7) is 3.10. The van der Waals surface area contributed by atoms with Crippen LogP contribution in [0.4, 0.5) is 5.69 Å². The summed E-state index contributed by atoms with van der Waals surface area (Å²) in [4.78, 5) is 24.0. The lowest BCUT2D eigenvalue weighted by atomic mass is 9.97. The molecule has 8 heteroatoms. The van der Waals surface area contributed by atoms with E-state index in [1.807, 2.05) is 6.07 Å². The van der Waals surface area contributed by atoms with Gasteiger partial charge in [-0.05, 0) is 30.9 Å². The molecule has 3 rings (SSSR count). The standard InChI is InChI=1S/C18H17N3O4S/c1-11-15(21(24)25)12(2)20(19-11)16(13-7-4-3-5-8-13)18(23)17(22)14-9-6-10-26-14/h3-10,16,18,23H,1-2H3/t16-,18-/m0/s1. The summed E-state index contributed by atoms with van der Waals surface area (Å²) in [5.41, 5.74) is 1.07. The van der Waals surface area contributed by atoms with Gasteiger partial charge in [-0.15, -0.1) is 11.3 Å². The zero-order valence-electron chi connectivity index (χ0n) is 14.2. The third kappa shape index (κ3) is 3.16. The van der Waals surface area contributed by atoms with Crippen LogP contribution in [0.2, 0.25) is 0 Å². The Balaban J connectivity index is 2.13. The fourth-order valence-corrected chi connectivity index (χ4v) is 3.70. The monoisotopic (exact) mass is 371 g/mol. The van der Waals surface area contributed by atoms with Gasteiger partial charge in [0, 0.05) is 0 Å². The van der Waals surface area contributed by atoms with Crippen molar-refractivity contribution in [3.63, 3.8) is 0 Å². The van der Waals surface area contributed by atoms with Gasteiger partial charge in [0.05, 0.1) is 9.80 Å². The minimum Gasteiger partial charge on any atom is -0.382 e. The van der Waals surface area contributed by atoms with Crippen molar-refractivity contribution < 1.29 is 14.8 Å². The number of thiophene rings is 1. The summed E-state index contributed by atoms with van der Waals surface area (Å²) < 4.78 is 1.37. The predicted octanol–water partition coefficient (Wildman–Crippen LogP) is 3.30. The maximum atomic E-state index is 12.7. The number of nitrogens with zero attached hydrogens (tertiary/aromatic N) is 3. The van der Waals surface area contributed by atoms with Gasteiger partial charge in [0.1, 0.15) is 23.5 Å². The smallest absolute Gasteiger partial charge is 0.312 e. The number of aromatic nitrogens is 2. The van der Waals surface area contributed by atoms with E-state index in [1.54, 1.807) is 48.7 Å². The Morgan fingerprint density at radius 1 is 1.23 bits per heavy atom. The molecule has 0 saturated carbocycles. The highest BCUT2D eigenvalue weighted by Gasteiger charge is 2.35. The fraction of sp³-hybridized carbons (Fsp3) is 0.222. The Morgan fingerprint density at radius 3 is 2.46 bits per heavy atom. The zero-order valence-corrected chi connectivity index (χ0v) is 15.0. The molecule has 2 aromatic heterocycles. The Morgan fingerprint density at radius 2 is 1.92 bits per heavy atom.